The van der Waals surface area contributed by atoms with Crippen molar-refractivity contribution in [3.8, 4) is 11.1 Å². The fourth-order valence-corrected chi connectivity index (χ4v) is 4.38. The highest BCUT2D eigenvalue weighted by Crippen LogP contribution is 2.39. The molecule has 3 aromatic rings. The Hall–Kier alpha value is -2.45. The molecule has 0 amide bonds. The standard InChI is InChI=1S/C27H31ClN2/c1-3-5-15-30(16-6-4-2)25-13-11-23(12-14-25)29-24-10-8-21-17-20-7-9-22(28)18-26(20)27(21)19-24/h7-14,18-19,29H,3-6,15-17H2,1-2H3. The molecule has 1 N–H and O–H groups in total. The number of rotatable bonds is 9. The van der Waals surface area contributed by atoms with Crippen LogP contribution in [0.1, 0.15) is 50.7 Å². The van der Waals surface area contributed by atoms with Crippen LogP contribution >= 0.6 is 11.6 Å². The molecular formula is C27H31ClN2. The van der Waals surface area contributed by atoms with Crippen molar-refractivity contribution in [1.29, 1.82) is 0 Å². The fourth-order valence-electron chi connectivity index (χ4n) is 4.21. The summed E-state index contributed by atoms with van der Waals surface area (Å²) in [5.41, 5.74) is 8.83. The number of benzene rings is 3. The van der Waals surface area contributed by atoms with E-state index < -0.39 is 0 Å². The van der Waals surface area contributed by atoms with Crippen LogP contribution < -0.4 is 10.2 Å². The molecule has 156 valence electrons. The van der Waals surface area contributed by atoms with E-state index in [0.29, 0.717) is 0 Å². The maximum atomic E-state index is 6.24. The zero-order chi connectivity index (χ0) is 20.9. The average Bonchev–Trinajstić information content (AvgIpc) is 3.12. The summed E-state index contributed by atoms with van der Waals surface area (Å²) < 4.78 is 0. The fraction of sp³-hybridized carbons (Fsp3) is 0.333. The smallest absolute Gasteiger partial charge is 0.0412 e. The Balaban J connectivity index is 1.50. The van der Waals surface area contributed by atoms with E-state index in [1.54, 1.807) is 0 Å². The summed E-state index contributed by atoms with van der Waals surface area (Å²) in [6, 6.07) is 21.8. The van der Waals surface area contributed by atoms with Gasteiger partial charge in [-0.05, 0) is 90.0 Å². The number of fused-ring (bicyclic) bond motifs is 3. The van der Waals surface area contributed by atoms with Crippen LogP contribution in [-0.4, -0.2) is 13.1 Å². The summed E-state index contributed by atoms with van der Waals surface area (Å²) in [5.74, 6) is 0. The van der Waals surface area contributed by atoms with Gasteiger partial charge in [0.25, 0.3) is 0 Å². The van der Waals surface area contributed by atoms with E-state index in [1.807, 2.05) is 6.07 Å². The van der Waals surface area contributed by atoms with E-state index >= 15 is 0 Å². The molecule has 0 radical (unpaired) electrons. The van der Waals surface area contributed by atoms with Gasteiger partial charge in [-0.1, -0.05) is 50.4 Å². The Morgan fingerprint density at radius 1 is 0.767 bits per heavy atom. The van der Waals surface area contributed by atoms with E-state index in [0.717, 1.165) is 35.9 Å². The number of hydrogen-bond donors (Lipinski definition) is 1. The Morgan fingerprint density at radius 3 is 2.03 bits per heavy atom. The number of anilines is 3. The average molecular weight is 419 g/mol. The molecule has 1 aliphatic rings. The lowest BCUT2D eigenvalue weighted by Crippen LogP contribution is -2.25. The molecule has 0 atom stereocenters. The van der Waals surface area contributed by atoms with Crippen LogP contribution in [0, 0.1) is 0 Å². The first-order valence-corrected chi connectivity index (χ1v) is 11.6. The maximum Gasteiger partial charge on any atom is 0.0412 e. The molecule has 4 rings (SSSR count). The van der Waals surface area contributed by atoms with Gasteiger partial charge in [0, 0.05) is 35.2 Å². The summed E-state index contributed by atoms with van der Waals surface area (Å²) in [4.78, 5) is 2.52. The predicted octanol–water partition coefficient (Wildman–Crippen LogP) is 8.06. The van der Waals surface area contributed by atoms with Gasteiger partial charge in [-0.15, -0.1) is 0 Å². The van der Waals surface area contributed by atoms with E-state index in [2.05, 4.69) is 78.7 Å². The number of nitrogens with one attached hydrogen (secondary N) is 1. The molecule has 0 aliphatic heterocycles. The molecule has 1 aliphatic carbocycles. The minimum atomic E-state index is 0.797. The highest BCUT2D eigenvalue weighted by Gasteiger charge is 2.19. The van der Waals surface area contributed by atoms with Gasteiger partial charge in [-0.25, -0.2) is 0 Å². The Labute approximate surface area is 185 Å². The molecule has 0 unspecified atom stereocenters. The highest BCUT2D eigenvalue weighted by molar-refractivity contribution is 6.31. The van der Waals surface area contributed by atoms with Crippen molar-refractivity contribution in [3.63, 3.8) is 0 Å². The number of nitrogens with zero attached hydrogens (tertiary/aromatic N) is 1. The van der Waals surface area contributed by atoms with Gasteiger partial charge >= 0.3 is 0 Å². The first kappa shape index (κ1) is 20.8. The second-order valence-electron chi connectivity index (χ2n) is 8.22. The number of hydrogen-bond acceptors (Lipinski definition) is 2. The monoisotopic (exact) mass is 418 g/mol. The Bertz CT molecular complexity index is 986. The quantitative estimate of drug-likeness (QED) is 0.295. The van der Waals surface area contributed by atoms with Crippen LogP contribution in [0.5, 0.6) is 0 Å². The first-order chi connectivity index (χ1) is 14.7. The third kappa shape index (κ3) is 4.65. The molecule has 3 aromatic carbocycles. The van der Waals surface area contributed by atoms with Crippen LogP contribution in [0.25, 0.3) is 11.1 Å². The zero-order valence-electron chi connectivity index (χ0n) is 18.0. The zero-order valence-corrected chi connectivity index (χ0v) is 18.8. The molecule has 0 aromatic heterocycles. The van der Waals surface area contributed by atoms with Crippen LogP contribution in [0.2, 0.25) is 5.02 Å². The van der Waals surface area contributed by atoms with Crippen molar-refractivity contribution in [2.45, 2.75) is 46.0 Å². The molecule has 0 fully saturated rings. The summed E-state index contributed by atoms with van der Waals surface area (Å²) in [7, 11) is 0. The minimum Gasteiger partial charge on any atom is -0.372 e. The summed E-state index contributed by atoms with van der Waals surface area (Å²) in [6.45, 7) is 6.79. The van der Waals surface area contributed by atoms with Gasteiger partial charge < -0.3 is 10.2 Å². The van der Waals surface area contributed by atoms with Crippen molar-refractivity contribution in [2.75, 3.05) is 23.3 Å². The highest BCUT2D eigenvalue weighted by atomic mass is 35.5. The van der Waals surface area contributed by atoms with Crippen molar-refractivity contribution >= 4 is 28.7 Å². The number of unbranched alkanes of at least 4 members (excludes halogenated alkanes) is 2. The van der Waals surface area contributed by atoms with E-state index in [1.165, 1.54) is 53.6 Å². The van der Waals surface area contributed by atoms with Crippen molar-refractivity contribution in [1.82, 2.24) is 0 Å². The Morgan fingerprint density at radius 2 is 1.37 bits per heavy atom. The number of halogens is 1. The SMILES string of the molecule is CCCCN(CCCC)c1ccc(Nc2ccc3c(c2)-c2cc(Cl)ccc2C3)cc1. The van der Waals surface area contributed by atoms with Crippen LogP contribution in [0.4, 0.5) is 17.1 Å². The predicted molar refractivity (Wildman–Crippen MR) is 131 cm³/mol. The van der Waals surface area contributed by atoms with Crippen molar-refractivity contribution in [2.24, 2.45) is 0 Å². The molecule has 0 heterocycles. The Kier molecular flexibility index (Phi) is 6.64. The topological polar surface area (TPSA) is 15.3 Å². The molecule has 0 bridgehead atoms. The van der Waals surface area contributed by atoms with Gasteiger partial charge in [0.05, 0.1) is 0 Å². The van der Waals surface area contributed by atoms with Crippen LogP contribution in [0.15, 0.2) is 60.7 Å². The van der Waals surface area contributed by atoms with Crippen LogP contribution in [-0.2, 0) is 6.42 Å². The molecule has 0 saturated carbocycles. The van der Waals surface area contributed by atoms with Gasteiger partial charge in [0.2, 0.25) is 0 Å². The largest absolute Gasteiger partial charge is 0.372 e. The first-order valence-electron chi connectivity index (χ1n) is 11.2. The minimum absolute atomic E-state index is 0.797. The second-order valence-corrected chi connectivity index (χ2v) is 8.65. The summed E-state index contributed by atoms with van der Waals surface area (Å²) in [5, 5.41) is 4.38. The third-order valence-electron chi connectivity index (χ3n) is 5.94. The normalized spacial score (nSPS) is 11.8. The summed E-state index contributed by atoms with van der Waals surface area (Å²) >= 11 is 6.24. The van der Waals surface area contributed by atoms with E-state index in [9.17, 15) is 0 Å². The van der Waals surface area contributed by atoms with Crippen LogP contribution in [0.3, 0.4) is 0 Å². The molecular weight excluding hydrogens is 388 g/mol. The molecule has 2 nitrogen and oxygen atoms in total. The molecule has 0 spiro atoms. The van der Waals surface area contributed by atoms with Gasteiger partial charge in [0.15, 0.2) is 0 Å². The third-order valence-corrected chi connectivity index (χ3v) is 6.17. The maximum absolute atomic E-state index is 6.24. The van der Waals surface area contributed by atoms with Crippen molar-refractivity contribution in [3.05, 3.63) is 76.8 Å². The lowest BCUT2D eigenvalue weighted by Gasteiger charge is -2.25. The van der Waals surface area contributed by atoms with E-state index in [4.69, 9.17) is 11.6 Å². The molecule has 0 saturated heterocycles. The van der Waals surface area contributed by atoms with Gasteiger partial charge in [-0.3, -0.25) is 0 Å². The second kappa shape index (κ2) is 9.57. The van der Waals surface area contributed by atoms with Crippen molar-refractivity contribution < 1.29 is 0 Å². The van der Waals surface area contributed by atoms with Gasteiger partial charge in [0.1, 0.15) is 0 Å². The van der Waals surface area contributed by atoms with Gasteiger partial charge in [-0.2, -0.15) is 0 Å². The van der Waals surface area contributed by atoms with E-state index in [-0.39, 0.29) is 0 Å². The summed E-state index contributed by atoms with van der Waals surface area (Å²) in [6.07, 6.45) is 5.93. The molecule has 30 heavy (non-hydrogen) atoms. The molecule has 3 heteroatoms. The lowest BCUT2D eigenvalue weighted by atomic mass is 10.1. The lowest BCUT2D eigenvalue weighted by molar-refractivity contribution is 0.678.